The molecule has 2 aromatic rings. The fraction of sp³-hybridized carbons (Fsp3) is 0.231. The number of carbonyl (C=O) groups excluding carboxylic acids is 2. The van der Waals surface area contributed by atoms with E-state index in [1.165, 1.54) is 18.5 Å². The van der Waals surface area contributed by atoms with Crippen LogP contribution in [0.15, 0.2) is 22.7 Å². The van der Waals surface area contributed by atoms with Crippen LogP contribution in [0.4, 0.5) is 5.88 Å². The van der Waals surface area contributed by atoms with Gasteiger partial charge in [-0.25, -0.2) is 0 Å². The first-order chi connectivity index (χ1) is 9.88. The molecule has 6 nitrogen and oxygen atoms in total. The Morgan fingerprint density at radius 2 is 2.05 bits per heavy atom. The van der Waals surface area contributed by atoms with Crippen molar-refractivity contribution >= 4 is 40.8 Å². The van der Waals surface area contributed by atoms with Crippen molar-refractivity contribution in [3.63, 3.8) is 0 Å². The molecule has 0 bridgehead atoms. The molecule has 8 heteroatoms. The minimum Gasteiger partial charge on any atom is -0.289 e. The highest BCUT2D eigenvalue weighted by Crippen LogP contribution is 2.21. The predicted octanol–water partition coefficient (Wildman–Crippen LogP) is 2.48. The van der Waals surface area contributed by atoms with Gasteiger partial charge in [-0.2, -0.15) is 0 Å². The summed E-state index contributed by atoms with van der Waals surface area (Å²) in [5.41, 5.74) is 0.882. The molecule has 110 valence electrons. The van der Waals surface area contributed by atoms with Crippen molar-refractivity contribution in [2.75, 3.05) is 5.32 Å². The lowest BCUT2D eigenvalue weighted by Gasteiger charge is -1.99. The Bertz CT molecular complexity index is 713. The van der Waals surface area contributed by atoms with Crippen molar-refractivity contribution in [2.45, 2.75) is 20.4 Å². The number of rotatable bonds is 4. The highest BCUT2D eigenvalue weighted by molar-refractivity contribution is 6.35. The first-order valence-electron chi connectivity index (χ1n) is 6.00. The Morgan fingerprint density at radius 1 is 1.33 bits per heavy atom. The number of carbonyl (C=O) groups is 2. The van der Waals surface area contributed by atoms with Gasteiger partial charge in [0.2, 0.25) is 23.5 Å². The number of nitrogens with zero attached hydrogens (tertiary/aromatic N) is 2. The van der Waals surface area contributed by atoms with E-state index in [4.69, 9.17) is 27.7 Å². The van der Waals surface area contributed by atoms with E-state index in [0.29, 0.717) is 10.0 Å². The highest BCUT2D eigenvalue weighted by Gasteiger charge is 2.30. The van der Waals surface area contributed by atoms with E-state index in [-0.39, 0.29) is 29.8 Å². The third kappa shape index (κ3) is 3.59. The maximum absolute atomic E-state index is 11.7. The second kappa shape index (κ2) is 6.24. The second-order valence-electron chi connectivity index (χ2n) is 4.38. The minimum atomic E-state index is -0.356. The SMILES string of the molecule is CC(=O)Nc1on[n+](Cc2ccc(Cl)cc2Cl)c1C(C)=O. The first kappa shape index (κ1) is 15.5. The van der Waals surface area contributed by atoms with Crippen molar-refractivity contribution in [2.24, 2.45) is 0 Å². The van der Waals surface area contributed by atoms with Crippen LogP contribution in [0.25, 0.3) is 0 Å². The molecular formula is C13H12Cl2N3O3+. The van der Waals surface area contributed by atoms with Crippen LogP contribution in [0, 0.1) is 0 Å². The van der Waals surface area contributed by atoms with E-state index in [1.54, 1.807) is 18.2 Å². The van der Waals surface area contributed by atoms with Crippen molar-refractivity contribution in [1.82, 2.24) is 5.27 Å². The first-order valence-corrected chi connectivity index (χ1v) is 6.76. The fourth-order valence-corrected chi connectivity index (χ4v) is 2.26. The van der Waals surface area contributed by atoms with Gasteiger partial charge in [0.25, 0.3) is 0 Å². The number of aromatic nitrogens is 2. The number of Topliss-reactive ketones (excluding diaryl/α,β-unsaturated/α-hetero) is 1. The Kier molecular flexibility index (Phi) is 4.59. The van der Waals surface area contributed by atoms with Crippen molar-refractivity contribution in [1.29, 1.82) is 0 Å². The van der Waals surface area contributed by atoms with Gasteiger partial charge in [0.05, 0.1) is 5.02 Å². The molecule has 0 aliphatic heterocycles. The molecule has 0 spiro atoms. The average molecular weight is 329 g/mol. The lowest BCUT2D eigenvalue weighted by atomic mass is 10.2. The molecule has 1 amide bonds. The molecule has 0 saturated carbocycles. The van der Waals surface area contributed by atoms with Crippen LogP contribution in [-0.4, -0.2) is 17.0 Å². The van der Waals surface area contributed by atoms with Crippen LogP contribution < -0.4 is 10.00 Å². The van der Waals surface area contributed by atoms with Crippen LogP contribution in [-0.2, 0) is 11.3 Å². The zero-order valence-corrected chi connectivity index (χ0v) is 12.8. The Hall–Kier alpha value is -1.92. The standard InChI is InChI=1S/C13H11Cl2N3O3/c1-7(19)12-13(16-8(2)20)21-17-18(12)6-9-3-4-10(14)5-11(9)15/h3-5H,6H2,1-2H3/p+1. The number of halogens is 2. The molecule has 21 heavy (non-hydrogen) atoms. The van der Waals surface area contributed by atoms with Crippen LogP contribution >= 0.6 is 23.2 Å². The largest absolute Gasteiger partial charge is 0.340 e. The van der Waals surface area contributed by atoms with Gasteiger partial charge in [0.1, 0.15) is 0 Å². The summed E-state index contributed by atoms with van der Waals surface area (Å²) in [5.74, 6) is -0.629. The second-order valence-corrected chi connectivity index (χ2v) is 5.23. The van der Waals surface area contributed by atoms with E-state index in [9.17, 15) is 9.59 Å². The Morgan fingerprint density at radius 3 is 2.62 bits per heavy atom. The number of benzene rings is 1. The Labute approximate surface area is 130 Å². The summed E-state index contributed by atoms with van der Waals surface area (Å²) in [7, 11) is 0. The van der Waals surface area contributed by atoms with Crippen molar-refractivity contribution in [3.8, 4) is 0 Å². The molecule has 0 aliphatic rings. The zero-order chi connectivity index (χ0) is 15.6. The molecule has 1 aromatic heterocycles. The Balaban J connectivity index is 2.38. The number of hydrogen-bond donors (Lipinski definition) is 1. The van der Waals surface area contributed by atoms with Crippen molar-refractivity contribution in [3.05, 3.63) is 39.5 Å². The summed E-state index contributed by atoms with van der Waals surface area (Å²) in [4.78, 5) is 22.8. The number of hydrogen-bond acceptors (Lipinski definition) is 4. The number of ketones is 1. The monoisotopic (exact) mass is 328 g/mol. The lowest BCUT2D eigenvalue weighted by Crippen LogP contribution is -2.41. The molecule has 0 saturated heterocycles. The summed E-state index contributed by atoms with van der Waals surface area (Å²) in [6, 6.07) is 5.02. The normalized spacial score (nSPS) is 10.5. The number of nitrogens with one attached hydrogen (secondary N) is 1. The summed E-state index contributed by atoms with van der Waals surface area (Å²) < 4.78 is 6.33. The van der Waals surface area contributed by atoms with Crippen molar-refractivity contribution < 1.29 is 18.8 Å². The van der Waals surface area contributed by atoms with Gasteiger partial charge in [-0.3, -0.25) is 19.4 Å². The van der Waals surface area contributed by atoms with Gasteiger partial charge in [0, 0.05) is 24.4 Å². The molecule has 0 aliphatic carbocycles. The fourth-order valence-electron chi connectivity index (χ4n) is 1.79. The van der Waals surface area contributed by atoms with Gasteiger partial charge < -0.3 is 0 Å². The zero-order valence-electron chi connectivity index (χ0n) is 11.3. The van der Waals surface area contributed by atoms with Crippen LogP contribution in [0.3, 0.4) is 0 Å². The minimum absolute atomic E-state index is 0.0140. The van der Waals surface area contributed by atoms with E-state index in [0.717, 1.165) is 5.56 Å². The highest BCUT2D eigenvalue weighted by atomic mass is 35.5. The van der Waals surface area contributed by atoms with E-state index < -0.39 is 0 Å². The summed E-state index contributed by atoms with van der Waals surface area (Å²) in [5, 5.41) is 7.15. The summed E-state index contributed by atoms with van der Waals surface area (Å²) in [6.07, 6.45) is 0. The van der Waals surface area contributed by atoms with Gasteiger partial charge in [-0.1, -0.05) is 23.2 Å². The molecule has 0 unspecified atom stereocenters. The topological polar surface area (TPSA) is 76.1 Å². The smallest absolute Gasteiger partial charge is 0.289 e. The van der Waals surface area contributed by atoms with Crippen LogP contribution in [0.1, 0.15) is 29.9 Å². The number of amides is 1. The quantitative estimate of drug-likeness (QED) is 0.691. The molecule has 0 atom stereocenters. The van der Waals surface area contributed by atoms with Gasteiger partial charge >= 0.3 is 11.6 Å². The molecular weight excluding hydrogens is 317 g/mol. The van der Waals surface area contributed by atoms with Crippen LogP contribution in [0.2, 0.25) is 10.0 Å². The van der Waals surface area contributed by atoms with E-state index >= 15 is 0 Å². The molecule has 1 N–H and O–H groups in total. The molecule has 1 aromatic carbocycles. The summed E-state index contributed by atoms with van der Waals surface area (Å²) >= 11 is 11.9. The number of anilines is 1. The third-order valence-electron chi connectivity index (χ3n) is 2.66. The van der Waals surface area contributed by atoms with Gasteiger partial charge in [0.15, 0.2) is 0 Å². The summed E-state index contributed by atoms with van der Waals surface area (Å²) in [6.45, 7) is 2.89. The maximum Gasteiger partial charge on any atom is 0.340 e. The lowest BCUT2D eigenvalue weighted by molar-refractivity contribution is -0.756. The molecule has 1 heterocycles. The molecule has 0 radical (unpaired) electrons. The predicted molar refractivity (Wildman–Crippen MR) is 76.6 cm³/mol. The third-order valence-corrected chi connectivity index (χ3v) is 3.25. The average Bonchev–Trinajstić information content (AvgIpc) is 2.74. The van der Waals surface area contributed by atoms with E-state index in [2.05, 4.69) is 10.6 Å². The maximum atomic E-state index is 11.7. The molecule has 0 fully saturated rings. The van der Waals surface area contributed by atoms with Crippen LogP contribution in [0.5, 0.6) is 0 Å². The molecule has 2 rings (SSSR count). The van der Waals surface area contributed by atoms with E-state index in [1.807, 2.05) is 0 Å². The van der Waals surface area contributed by atoms with Gasteiger partial charge in [-0.05, 0) is 22.9 Å². The van der Waals surface area contributed by atoms with Gasteiger partial charge in [-0.15, -0.1) is 0 Å².